The van der Waals surface area contributed by atoms with Crippen LogP contribution >= 0.6 is 0 Å². The third kappa shape index (κ3) is 5.33. The molecule has 0 spiro atoms. The van der Waals surface area contributed by atoms with Crippen molar-refractivity contribution in [2.24, 2.45) is 5.73 Å². The first kappa shape index (κ1) is 15.4. The van der Waals surface area contributed by atoms with Crippen LogP contribution in [0.3, 0.4) is 0 Å². The molecular formula is C13H27N3O2. The fraction of sp³-hybridized carbons (Fsp3) is 0.923. The first-order valence-electron chi connectivity index (χ1n) is 6.98. The average molecular weight is 257 g/mol. The summed E-state index contributed by atoms with van der Waals surface area (Å²) in [7, 11) is 1.78. The van der Waals surface area contributed by atoms with E-state index in [9.17, 15) is 4.79 Å². The Morgan fingerprint density at radius 1 is 1.61 bits per heavy atom. The summed E-state index contributed by atoms with van der Waals surface area (Å²) in [5.74, 6) is -0.270. The lowest BCUT2D eigenvalue weighted by molar-refractivity contribution is -0.120. The van der Waals surface area contributed by atoms with Crippen molar-refractivity contribution in [2.45, 2.75) is 44.8 Å². The van der Waals surface area contributed by atoms with Crippen molar-refractivity contribution >= 4 is 5.91 Å². The smallest absolute Gasteiger partial charge is 0.234 e. The van der Waals surface area contributed by atoms with Crippen molar-refractivity contribution in [3.8, 4) is 0 Å². The number of primary amides is 1. The quantitative estimate of drug-likeness (QED) is 0.658. The standard InChI is InChI=1S/C13H27N3O2/c1-3-9-18-11-5-4-7-16(10-11)8-6-12(15-2)13(14)17/h11-12,15H,3-10H2,1-2H3,(H2,14,17). The van der Waals surface area contributed by atoms with E-state index < -0.39 is 0 Å². The van der Waals surface area contributed by atoms with Gasteiger partial charge in [-0.15, -0.1) is 0 Å². The average Bonchev–Trinajstić information content (AvgIpc) is 2.37. The first-order valence-corrected chi connectivity index (χ1v) is 6.98. The monoisotopic (exact) mass is 257 g/mol. The summed E-state index contributed by atoms with van der Waals surface area (Å²) in [4.78, 5) is 13.5. The van der Waals surface area contributed by atoms with Gasteiger partial charge in [-0.1, -0.05) is 6.92 Å². The molecule has 1 fully saturated rings. The number of amides is 1. The van der Waals surface area contributed by atoms with Crippen LogP contribution in [-0.4, -0.2) is 56.2 Å². The molecule has 5 nitrogen and oxygen atoms in total. The van der Waals surface area contributed by atoms with Crippen molar-refractivity contribution in [3.63, 3.8) is 0 Å². The van der Waals surface area contributed by atoms with Crippen LogP contribution in [-0.2, 0) is 9.53 Å². The number of likely N-dealkylation sites (tertiary alicyclic amines) is 1. The zero-order valence-electron chi connectivity index (χ0n) is 11.7. The van der Waals surface area contributed by atoms with E-state index in [0.29, 0.717) is 6.10 Å². The number of nitrogens with one attached hydrogen (secondary N) is 1. The van der Waals surface area contributed by atoms with Gasteiger partial charge in [-0.25, -0.2) is 0 Å². The summed E-state index contributed by atoms with van der Waals surface area (Å²) in [6.45, 7) is 5.96. The van der Waals surface area contributed by atoms with Crippen LogP contribution in [0.1, 0.15) is 32.6 Å². The zero-order chi connectivity index (χ0) is 13.4. The molecule has 5 heteroatoms. The number of hydrogen-bond donors (Lipinski definition) is 2. The van der Waals surface area contributed by atoms with Crippen LogP contribution in [0.5, 0.6) is 0 Å². The second-order valence-electron chi connectivity index (χ2n) is 4.97. The predicted octanol–water partition coefficient (Wildman–Crippen LogP) is 0.341. The minimum Gasteiger partial charge on any atom is -0.377 e. The molecule has 1 aliphatic heterocycles. The molecular weight excluding hydrogens is 230 g/mol. The fourth-order valence-corrected chi connectivity index (χ4v) is 2.38. The number of piperidine rings is 1. The molecule has 1 saturated heterocycles. The van der Waals surface area contributed by atoms with Crippen LogP contribution in [0.25, 0.3) is 0 Å². The Kier molecular flexibility index (Phi) is 7.23. The maximum atomic E-state index is 11.1. The normalized spacial score (nSPS) is 22.9. The van der Waals surface area contributed by atoms with E-state index in [2.05, 4.69) is 17.1 Å². The van der Waals surface area contributed by atoms with Gasteiger partial charge in [0.05, 0.1) is 12.1 Å². The molecule has 3 N–H and O–H groups in total. The van der Waals surface area contributed by atoms with Crippen molar-refractivity contribution in [1.29, 1.82) is 0 Å². The van der Waals surface area contributed by atoms with E-state index in [-0.39, 0.29) is 11.9 Å². The summed E-state index contributed by atoms with van der Waals surface area (Å²) in [5.41, 5.74) is 5.31. The van der Waals surface area contributed by atoms with Crippen molar-refractivity contribution < 1.29 is 9.53 Å². The number of nitrogens with two attached hydrogens (primary N) is 1. The highest BCUT2D eigenvalue weighted by Gasteiger charge is 2.21. The number of ether oxygens (including phenoxy) is 1. The molecule has 0 saturated carbocycles. The molecule has 0 aromatic heterocycles. The largest absolute Gasteiger partial charge is 0.377 e. The van der Waals surface area contributed by atoms with E-state index in [1.807, 2.05) is 0 Å². The maximum absolute atomic E-state index is 11.1. The van der Waals surface area contributed by atoms with Crippen LogP contribution in [0.4, 0.5) is 0 Å². The molecule has 2 unspecified atom stereocenters. The zero-order valence-corrected chi connectivity index (χ0v) is 11.7. The van der Waals surface area contributed by atoms with Gasteiger partial charge in [0.25, 0.3) is 0 Å². The maximum Gasteiger partial charge on any atom is 0.234 e. The number of carbonyl (C=O) groups is 1. The second kappa shape index (κ2) is 8.45. The molecule has 0 aromatic carbocycles. The molecule has 2 atom stereocenters. The van der Waals surface area contributed by atoms with E-state index in [1.54, 1.807) is 7.05 Å². The number of hydrogen-bond acceptors (Lipinski definition) is 4. The molecule has 106 valence electrons. The number of rotatable bonds is 8. The predicted molar refractivity (Wildman–Crippen MR) is 72.4 cm³/mol. The Labute approximate surface area is 110 Å². The lowest BCUT2D eigenvalue weighted by atomic mass is 10.1. The van der Waals surface area contributed by atoms with Gasteiger partial charge in [0.15, 0.2) is 0 Å². The van der Waals surface area contributed by atoms with Gasteiger partial charge in [-0.05, 0) is 39.3 Å². The van der Waals surface area contributed by atoms with E-state index in [1.165, 1.54) is 6.42 Å². The van der Waals surface area contributed by atoms with Crippen molar-refractivity contribution in [1.82, 2.24) is 10.2 Å². The molecule has 0 aliphatic carbocycles. The first-order chi connectivity index (χ1) is 8.67. The van der Waals surface area contributed by atoms with Crippen LogP contribution < -0.4 is 11.1 Å². The van der Waals surface area contributed by atoms with E-state index >= 15 is 0 Å². The molecule has 1 amide bonds. The Bertz CT molecular complexity index is 248. The summed E-state index contributed by atoms with van der Waals surface area (Å²) < 4.78 is 5.79. The summed E-state index contributed by atoms with van der Waals surface area (Å²) in [6, 6.07) is -0.220. The molecule has 1 heterocycles. The van der Waals surface area contributed by atoms with Gasteiger partial charge >= 0.3 is 0 Å². The van der Waals surface area contributed by atoms with Crippen molar-refractivity contribution in [2.75, 3.05) is 33.3 Å². The molecule has 0 radical (unpaired) electrons. The second-order valence-corrected chi connectivity index (χ2v) is 4.97. The van der Waals surface area contributed by atoms with Gasteiger partial charge in [0.2, 0.25) is 5.91 Å². The number of nitrogens with zero attached hydrogens (tertiary/aromatic N) is 1. The molecule has 1 aliphatic rings. The van der Waals surface area contributed by atoms with Gasteiger partial charge in [0.1, 0.15) is 0 Å². The molecule has 0 aromatic rings. The van der Waals surface area contributed by atoms with Gasteiger partial charge in [0, 0.05) is 19.7 Å². The molecule has 0 bridgehead atoms. The molecule has 1 rings (SSSR count). The number of carbonyl (C=O) groups excluding carboxylic acids is 1. The minimum atomic E-state index is -0.270. The number of likely N-dealkylation sites (N-methyl/N-ethyl adjacent to an activating group) is 1. The third-order valence-corrected chi connectivity index (χ3v) is 3.45. The van der Waals surface area contributed by atoms with Crippen LogP contribution in [0.2, 0.25) is 0 Å². The Balaban J connectivity index is 2.27. The van der Waals surface area contributed by atoms with Crippen LogP contribution in [0, 0.1) is 0 Å². The van der Waals surface area contributed by atoms with Crippen LogP contribution in [0.15, 0.2) is 0 Å². The van der Waals surface area contributed by atoms with Gasteiger partial charge in [-0.2, -0.15) is 0 Å². The van der Waals surface area contributed by atoms with E-state index in [4.69, 9.17) is 10.5 Å². The van der Waals surface area contributed by atoms with Crippen molar-refractivity contribution in [3.05, 3.63) is 0 Å². The highest BCUT2D eigenvalue weighted by atomic mass is 16.5. The summed E-state index contributed by atoms with van der Waals surface area (Å²) in [6.07, 6.45) is 4.53. The lowest BCUT2D eigenvalue weighted by Crippen LogP contribution is -2.45. The Hall–Kier alpha value is -0.650. The summed E-state index contributed by atoms with van der Waals surface area (Å²) in [5, 5.41) is 2.95. The lowest BCUT2D eigenvalue weighted by Gasteiger charge is -2.33. The highest BCUT2D eigenvalue weighted by Crippen LogP contribution is 2.14. The highest BCUT2D eigenvalue weighted by molar-refractivity contribution is 5.79. The fourth-order valence-electron chi connectivity index (χ4n) is 2.38. The summed E-state index contributed by atoms with van der Waals surface area (Å²) >= 11 is 0. The van der Waals surface area contributed by atoms with Gasteiger partial charge in [-0.3, -0.25) is 4.79 Å². The molecule has 18 heavy (non-hydrogen) atoms. The van der Waals surface area contributed by atoms with E-state index in [0.717, 1.165) is 45.5 Å². The van der Waals surface area contributed by atoms with Gasteiger partial charge < -0.3 is 20.7 Å². The Morgan fingerprint density at radius 3 is 3.00 bits per heavy atom. The third-order valence-electron chi connectivity index (χ3n) is 3.45. The topological polar surface area (TPSA) is 67.6 Å². The SMILES string of the molecule is CCCOC1CCCN(CCC(NC)C(N)=O)C1. The Morgan fingerprint density at radius 2 is 2.39 bits per heavy atom. The minimum absolute atomic E-state index is 0.220.